The fourth-order valence-corrected chi connectivity index (χ4v) is 2.94. The highest BCUT2D eigenvalue weighted by Crippen LogP contribution is 2.25. The first-order valence-electron chi connectivity index (χ1n) is 4.38. The summed E-state index contributed by atoms with van der Waals surface area (Å²) < 4.78 is 11.2. The normalized spacial score (nSPS) is 22.3. The molecule has 0 amide bonds. The Hall–Kier alpha value is 0.110. The maximum Gasteiger partial charge on any atom is 0.0357 e. The Labute approximate surface area is 71.0 Å². The third-order valence-electron chi connectivity index (χ3n) is 2.24. The van der Waals surface area contributed by atoms with E-state index < -0.39 is 10.8 Å². The summed E-state index contributed by atoms with van der Waals surface area (Å²) in [6.07, 6.45) is 5.25. The Balaban J connectivity index is 2.13. The van der Waals surface area contributed by atoms with Crippen molar-refractivity contribution in [3.63, 3.8) is 0 Å². The molecule has 0 spiro atoms. The van der Waals surface area contributed by atoms with Gasteiger partial charge in [-0.3, -0.25) is 4.21 Å². The molecule has 66 valence electrons. The van der Waals surface area contributed by atoms with Gasteiger partial charge in [-0.2, -0.15) is 0 Å². The SMILES string of the molecule is NCCS(=O)CC1CCCC1. The second-order valence-electron chi connectivity index (χ2n) is 3.25. The molecule has 2 nitrogen and oxygen atoms in total. The maximum absolute atomic E-state index is 11.2. The fourth-order valence-electron chi connectivity index (χ4n) is 1.65. The van der Waals surface area contributed by atoms with Crippen molar-refractivity contribution in [3.05, 3.63) is 0 Å². The molecule has 0 saturated heterocycles. The molecule has 0 radical (unpaired) electrons. The van der Waals surface area contributed by atoms with Crippen LogP contribution in [-0.4, -0.2) is 22.3 Å². The van der Waals surface area contributed by atoms with Crippen LogP contribution in [0, 0.1) is 5.92 Å². The molecule has 0 aromatic rings. The van der Waals surface area contributed by atoms with Crippen LogP contribution in [0.4, 0.5) is 0 Å². The minimum absolute atomic E-state index is 0.569. The summed E-state index contributed by atoms with van der Waals surface area (Å²) in [5, 5.41) is 0. The zero-order valence-electron chi connectivity index (χ0n) is 6.92. The zero-order chi connectivity index (χ0) is 8.10. The van der Waals surface area contributed by atoms with Gasteiger partial charge in [0, 0.05) is 28.9 Å². The zero-order valence-corrected chi connectivity index (χ0v) is 7.74. The predicted molar refractivity (Wildman–Crippen MR) is 48.9 cm³/mol. The third-order valence-corrected chi connectivity index (χ3v) is 3.78. The van der Waals surface area contributed by atoms with Gasteiger partial charge in [-0.1, -0.05) is 12.8 Å². The minimum atomic E-state index is -0.635. The second kappa shape index (κ2) is 4.88. The largest absolute Gasteiger partial charge is 0.330 e. The van der Waals surface area contributed by atoms with E-state index in [0.29, 0.717) is 12.3 Å². The Morgan fingerprint density at radius 3 is 2.55 bits per heavy atom. The van der Waals surface area contributed by atoms with Crippen LogP contribution >= 0.6 is 0 Å². The van der Waals surface area contributed by atoms with Crippen LogP contribution in [0.2, 0.25) is 0 Å². The number of hydrogen-bond donors (Lipinski definition) is 1. The van der Waals surface area contributed by atoms with Crippen molar-refractivity contribution in [3.8, 4) is 0 Å². The number of rotatable bonds is 4. The Bertz CT molecular complexity index is 132. The van der Waals surface area contributed by atoms with Gasteiger partial charge >= 0.3 is 0 Å². The molecule has 2 N–H and O–H groups in total. The summed E-state index contributed by atoms with van der Waals surface area (Å²) in [6.45, 7) is 0.569. The van der Waals surface area contributed by atoms with Gasteiger partial charge in [-0.15, -0.1) is 0 Å². The first-order valence-corrected chi connectivity index (χ1v) is 5.87. The van der Waals surface area contributed by atoms with Gasteiger partial charge in [-0.25, -0.2) is 0 Å². The molecule has 1 fully saturated rings. The van der Waals surface area contributed by atoms with Gasteiger partial charge in [0.2, 0.25) is 0 Å². The van der Waals surface area contributed by atoms with Crippen LogP contribution in [0.1, 0.15) is 25.7 Å². The smallest absolute Gasteiger partial charge is 0.0357 e. The van der Waals surface area contributed by atoms with E-state index in [1.54, 1.807) is 0 Å². The molecular formula is C8H17NOS. The Morgan fingerprint density at radius 2 is 2.00 bits per heavy atom. The molecule has 1 aliphatic rings. The molecule has 0 aliphatic heterocycles. The third kappa shape index (κ3) is 3.34. The standard InChI is InChI=1S/C8H17NOS/c9-5-6-11(10)7-8-3-1-2-4-8/h8H,1-7,9H2. The van der Waals surface area contributed by atoms with Gasteiger partial charge in [0.1, 0.15) is 0 Å². The van der Waals surface area contributed by atoms with Gasteiger partial charge < -0.3 is 5.73 Å². The molecule has 11 heavy (non-hydrogen) atoms. The van der Waals surface area contributed by atoms with Gasteiger partial charge in [-0.05, 0) is 18.8 Å². The van der Waals surface area contributed by atoms with Gasteiger partial charge in [0.25, 0.3) is 0 Å². The van der Waals surface area contributed by atoms with E-state index in [1.165, 1.54) is 25.7 Å². The van der Waals surface area contributed by atoms with Gasteiger partial charge in [0.05, 0.1) is 0 Å². The highest BCUT2D eigenvalue weighted by atomic mass is 32.2. The molecule has 1 saturated carbocycles. The van der Waals surface area contributed by atoms with E-state index in [-0.39, 0.29) is 0 Å². The van der Waals surface area contributed by atoms with E-state index in [9.17, 15) is 4.21 Å². The summed E-state index contributed by atoms with van der Waals surface area (Å²) in [6, 6.07) is 0. The first-order chi connectivity index (χ1) is 5.33. The van der Waals surface area contributed by atoms with Crippen LogP contribution in [0.15, 0.2) is 0 Å². The van der Waals surface area contributed by atoms with Crippen LogP contribution in [0.5, 0.6) is 0 Å². The fraction of sp³-hybridized carbons (Fsp3) is 1.00. The van der Waals surface area contributed by atoms with Crippen molar-refractivity contribution < 1.29 is 4.21 Å². The summed E-state index contributed by atoms with van der Waals surface area (Å²) in [4.78, 5) is 0. The van der Waals surface area contributed by atoms with E-state index in [4.69, 9.17) is 5.73 Å². The van der Waals surface area contributed by atoms with Crippen LogP contribution in [0.25, 0.3) is 0 Å². The van der Waals surface area contributed by atoms with Crippen LogP contribution in [0.3, 0.4) is 0 Å². The topological polar surface area (TPSA) is 43.1 Å². The summed E-state index contributed by atoms with van der Waals surface area (Å²) in [7, 11) is -0.635. The van der Waals surface area contributed by atoms with Crippen molar-refractivity contribution in [2.45, 2.75) is 25.7 Å². The molecule has 3 heteroatoms. The number of hydrogen-bond acceptors (Lipinski definition) is 2. The lowest BCUT2D eigenvalue weighted by atomic mass is 10.1. The Kier molecular flexibility index (Phi) is 4.08. The predicted octanol–water partition coefficient (Wildman–Crippen LogP) is 0.884. The average molecular weight is 175 g/mol. The summed E-state index contributed by atoms with van der Waals surface area (Å²) in [5.74, 6) is 2.33. The minimum Gasteiger partial charge on any atom is -0.330 e. The number of nitrogens with two attached hydrogens (primary N) is 1. The molecular weight excluding hydrogens is 158 g/mol. The molecule has 1 aliphatic carbocycles. The monoisotopic (exact) mass is 175 g/mol. The lowest BCUT2D eigenvalue weighted by Gasteiger charge is -2.06. The van der Waals surface area contributed by atoms with Crippen molar-refractivity contribution in [2.24, 2.45) is 11.7 Å². The van der Waals surface area contributed by atoms with E-state index in [0.717, 1.165) is 11.7 Å². The summed E-state index contributed by atoms with van der Waals surface area (Å²) >= 11 is 0. The van der Waals surface area contributed by atoms with Crippen molar-refractivity contribution in [1.82, 2.24) is 0 Å². The Morgan fingerprint density at radius 1 is 1.36 bits per heavy atom. The van der Waals surface area contributed by atoms with Crippen molar-refractivity contribution >= 4 is 10.8 Å². The first kappa shape index (κ1) is 9.20. The molecule has 0 aromatic carbocycles. The molecule has 0 bridgehead atoms. The van der Waals surface area contributed by atoms with Crippen LogP contribution in [-0.2, 0) is 10.8 Å². The lowest BCUT2D eigenvalue weighted by molar-refractivity contribution is 0.604. The lowest BCUT2D eigenvalue weighted by Crippen LogP contribution is -2.16. The highest BCUT2D eigenvalue weighted by molar-refractivity contribution is 7.85. The van der Waals surface area contributed by atoms with E-state index >= 15 is 0 Å². The van der Waals surface area contributed by atoms with E-state index in [2.05, 4.69) is 0 Å². The highest BCUT2D eigenvalue weighted by Gasteiger charge is 2.16. The van der Waals surface area contributed by atoms with Gasteiger partial charge in [0.15, 0.2) is 0 Å². The summed E-state index contributed by atoms with van der Waals surface area (Å²) in [5.41, 5.74) is 5.31. The molecule has 1 atom stereocenters. The van der Waals surface area contributed by atoms with Crippen LogP contribution < -0.4 is 5.73 Å². The molecule has 0 aromatic heterocycles. The molecule has 1 unspecified atom stereocenters. The molecule has 1 rings (SSSR count). The average Bonchev–Trinajstić information content (AvgIpc) is 2.40. The quantitative estimate of drug-likeness (QED) is 0.689. The van der Waals surface area contributed by atoms with E-state index in [1.807, 2.05) is 0 Å². The maximum atomic E-state index is 11.2. The second-order valence-corrected chi connectivity index (χ2v) is 4.87. The van der Waals surface area contributed by atoms with Crippen molar-refractivity contribution in [2.75, 3.05) is 18.1 Å². The molecule has 0 heterocycles. The van der Waals surface area contributed by atoms with Crippen molar-refractivity contribution in [1.29, 1.82) is 0 Å².